The minimum absolute atomic E-state index is 0. The fourth-order valence-corrected chi connectivity index (χ4v) is 1.05. The topological polar surface area (TPSA) is 31.5 Å². The minimum atomic E-state index is 0. The molecule has 2 aromatic rings. The van der Waals surface area contributed by atoms with E-state index in [0.717, 1.165) is 5.39 Å². The van der Waals surface area contributed by atoms with E-state index in [4.69, 9.17) is 4.42 Å². The predicted octanol–water partition coefficient (Wildman–Crippen LogP) is -0.577. The average molecular weight is 183 g/mol. The van der Waals surface area contributed by atoms with E-state index in [-0.39, 0.29) is 18.2 Å². The maximum Gasteiger partial charge on any atom is 0.363 e. The second-order valence-electron chi connectivity index (χ2n) is 2.30. The fraction of sp³-hybridized carbons (Fsp3) is 0. The van der Waals surface area contributed by atoms with Gasteiger partial charge in [0.15, 0.2) is 0 Å². The molecule has 0 aliphatic carbocycles. The lowest BCUT2D eigenvalue weighted by Gasteiger charge is -1.89. The van der Waals surface area contributed by atoms with E-state index in [1.165, 1.54) is 0 Å². The second-order valence-corrected chi connectivity index (χ2v) is 2.30. The molecular formula is C9H7ClO2. The lowest BCUT2D eigenvalue weighted by molar-refractivity contribution is -0.00000361. The number of phenols is 1. The summed E-state index contributed by atoms with van der Waals surface area (Å²) in [6, 6.07) is 8.77. The van der Waals surface area contributed by atoms with Crippen LogP contribution in [0, 0.1) is 0 Å². The van der Waals surface area contributed by atoms with Gasteiger partial charge in [-0.15, -0.1) is 0 Å². The molecule has 0 unspecified atom stereocenters. The standard InChI is InChI=1S/C9H6O2.ClH/c10-8-4-1-5-9-7(8)3-2-6-11-9;/h1-6H;1H. The van der Waals surface area contributed by atoms with Crippen molar-refractivity contribution >= 4 is 11.0 Å². The molecule has 2 rings (SSSR count). The molecule has 0 saturated carbocycles. The Bertz CT molecular complexity index is 382. The van der Waals surface area contributed by atoms with Crippen LogP contribution in [0.5, 0.6) is 5.75 Å². The van der Waals surface area contributed by atoms with Gasteiger partial charge in [-0.1, -0.05) is 0 Å². The highest BCUT2D eigenvalue weighted by Crippen LogP contribution is 2.22. The van der Waals surface area contributed by atoms with Crippen molar-refractivity contribution in [3.63, 3.8) is 0 Å². The zero-order chi connectivity index (χ0) is 7.68. The summed E-state index contributed by atoms with van der Waals surface area (Å²) in [5, 5.41) is 10.1. The van der Waals surface area contributed by atoms with Gasteiger partial charge < -0.3 is 17.5 Å². The van der Waals surface area contributed by atoms with E-state index in [9.17, 15) is 5.11 Å². The molecule has 2 nitrogen and oxygen atoms in total. The summed E-state index contributed by atoms with van der Waals surface area (Å²) in [7, 11) is 0. The fourth-order valence-electron chi connectivity index (χ4n) is 1.05. The van der Waals surface area contributed by atoms with Gasteiger partial charge in [-0.2, -0.15) is 0 Å². The van der Waals surface area contributed by atoms with Crippen molar-refractivity contribution in [3.8, 4) is 5.75 Å². The molecule has 0 radical (unpaired) electrons. The third-order valence-corrected chi connectivity index (χ3v) is 1.58. The average Bonchev–Trinajstić information content (AvgIpc) is 2.06. The first-order chi connectivity index (χ1) is 5.38. The molecule has 3 heteroatoms. The molecule has 0 aliphatic heterocycles. The van der Waals surface area contributed by atoms with Crippen LogP contribution in [0.3, 0.4) is 0 Å². The molecule has 0 fully saturated rings. The molecule has 0 amide bonds. The van der Waals surface area contributed by atoms with Crippen molar-refractivity contribution in [2.75, 3.05) is 0 Å². The zero-order valence-corrected chi connectivity index (χ0v) is 6.95. The molecule has 1 aromatic heterocycles. The third-order valence-electron chi connectivity index (χ3n) is 1.58. The van der Waals surface area contributed by atoms with Crippen LogP contribution in [0.15, 0.2) is 41.0 Å². The number of aromatic hydroxyl groups is 1. The normalized spacial score (nSPS) is 9.33. The summed E-state index contributed by atoms with van der Waals surface area (Å²) in [6.07, 6.45) is 1.59. The lowest BCUT2D eigenvalue weighted by atomic mass is 10.2. The number of halogens is 1. The zero-order valence-electron chi connectivity index (χ0n) is 6.20. The maximum absolute atomic E-state index is 9.31. The molecule has 1 aromatic carbocycles. The van der Waals surface area contributed by atoms with Crippen LogP contribution in [0.1, 0.15) is 0 Å². The van der Waals surface area contributed by atoms with Gasteiger partial charge in [0.05, 0.1) is 0 Å². The van der Waals surface area contributed by atoms with Crippen molar-refractivity contribution in [2.45, 2.75) is 0 Å². The molecule has 1 heterocycles. The van der Waals surface area contributed by atoms with Gasteiger partial charge >= 0.3 is 11.8 Å². The maximum atomic E-state index is 9.31. The Kier molecular flexibility index (Phi) is 2.51. The van der Waals surface area contributed by atoms with Crippen molar-refractivity contribution in [3.05, 3.63) is 36.6 Å². The number of benzene rings is 1. The van der Waals surface area contributed by atoms with Gasteiger partial charge in [0, 0.05) is 12.1 Å². The number of fused-ring (bicyclic) bond motifs is 1. The highest BCUT2D eigenvalue weighted by molar-refractivity contribution is 5.82. The Morgan fingerprint density at radius 1 is 1.08 bits per heavy atom. The quantitative estimate of drug-likeness (QED) is 0.553. The van der Waals surface area contributed by atoms with Crippen LogP contribution < -0.4 is 12.4 Å². The monoisotopic (exact) mass is 182 g/mol. The van der Waals surface area contributed by atoms with Gasteiger partial charge in [0.25, 0.3) is 0 Å². The van der Waals surface area contributed by atoms with E-state index >= 15 is 0 Å². The Morgan fingerprint density at radius 2 is 1.92 bits per heavy atom. The van der Waals surface area contributed by atoms with Gasteiger partial charge in [-0.3, -0.25) is 0 Å². The number of hydrogen-bond acceptors (Lipinski definition) is 1. The number of phenolic OH excluding ortho intramolecular Hbond substituents is 1. The van der Waals surface area contributed by atoms with Crippen LogP contribution in [-0.2, 0) is 0 Å². The van der Waals surface area contributed by atoms with Crippen molar-refractivity contribution < 1.29 is 21.9 Å². The predicted molar refractivity (Wildman–Crippen MR) is 42.3 cm³/mol. The first-order valence-corrected chi connectivity index (χ1v) is 3.36. The summed E-state index contributed by atoms with van der Waals surface area (Å²) < 4.78 is 5.13. The molecule has 12 heavy (non-hydrogen) atoms. The van der Waals surface area contributed by atoms with Crippen LogP contribution in [0.4, 0.5) is 0 Å². The van der Waals surface area contributed by atoms with Crippen LogP contribution in [0.2, 0.25) is 0 Å². The molecule has 0 saturated heterocycles. The first kappa shape index (κ1) is 8.81. The first-order valence-electron chi connectivity index (χ1n) is 3.36. The smallest absolute Gasteiger partial charge is 0.363 e. The van der Waals surface area contributed by atoms with Gasteiger partial charge in [-0.05, 0) is 18.2 Å². The number of rotatable bonds is 0. The Morgan fingerprint density at radius 3 is 2.67 bits per heavy atom. The molecule has 0 bridgehead atoms. The molecule has 0 atom stereocenters. The van der Waals surface area contributed by atoms with Gasteiger partial charge in [0.2, 0.25) is 0 Å². The van der Waals surface area contributed by atoms with Crippen molar-refractivity contribution in [2.24, 2.45) is 0 Å². The molecule has 1 N–H and O–H groups in total. The summed E-state index contributed by atoms with van der Waals surface area (Å²) in [5.74, 6) is 0.256. The Hall–Kier alpha value is -1.28. The van der Waals surface area contributed by atoms with Gasteiger partial charge in [0.1, 0.15) is 11.1 Å². The summed E-state index contributed by atoms with van der Waals surface area (Å²) in [6.45, 7) is 0. The number of hydrogen-bond donors (Lipinski definition) is 1. The Balaban J connectivity index is 0.000000720. The van der Waals surface area contributed by atoms with Crippen LogP contribution in [-0.4, -0.2) is 5.11 Å². The van der Waals surface area contributed by atoms with E-state index in [2.05, 4.69) is 0 Å². The SMILES string of the molecule is Oc1cccc2[o+]cccc12.[Cl-]. The van der Waals surface area contributed by atoms with Crippen molar-refractivity contribution in [1.29, 1.82) is 0 Å². The molecule has 0 spiro atoms. The summed E-state index contributed by atoms with van der Waals surface area (Å²) in [4.78, 5) is 0. The van der Waals surface area contributed by atoms with E-state index in [1.54, 1.807) is 24.5 Å². The van der Waals surface area contributed by atoms with Crippen LogP contribution in [0.25, 0.3) is 11.0 Å². The van der Waals surface area contributed by atoms with E-state index < -0.39 is 0 Å². The largest absolute Gasteiger partial charge is 1.00 e. The van der Waals surface area contributed by atoms with E-state index in [1.807, 2.05) is 12.1 Å². The van der Waals surface area contributed by atoms with E-state index in [0.29, 0.717) is 5.58 Å². The van der Waals surface area contributed by atoms with Gasteiger partial charge in [-0.25, -0.2) is 4.42 Å². The minimum Gasteiger partial charge on any atom is -1.00 e. The highest BCUT2D eigenvalue weighted by atomic mass is 35.5. The van der Waals surface area contributed by atoms with Crippen LogP contribution >= 0.6 is 0 Å². The second kappa shape index (κ2) is 3.41. The Labute approximate surface area is 75.9 Å². The molecule has 0 aliphatic rings. The highest BCUT2D eigenvalue weighted by Gasteiger charge is 2.05. The molecular weight excluding hydrogens is 176 g/mol. The lowest BCUT2D eigenvalue weighted by Crippen LogP contribution is -3.00. The summed E-state index contributed by atoms with van der Waals surface area (Å²) in [5.41, 5.74) is 0.701. The summed E-state index contributed by atoms with van der Waals surface area (Å²) >= 11 is 0. The molecule has 62 valence electrons. The third kappa shape index (κ3) is 1.34. The van der Waals surface area contributed by atoms with Crippen molar-refractivity contribution in [1.82, 2.24) is 0 Å².